The summed E-state index contributed by atoms with van der Waals surface area (Å²) in [7, 11) is -9.97. The van der Waals surface area contributed by atoms with Gasteiger partial charge in [0.25, 0.3) is 0 Å². The van der Waals surface area contributed by atoms with E-state index in [4.69, 9.17) is 37.0 Å². The molecule has 0 amide bonds. The Morgan fingerprint density at radius 3 is 0.833 bits per heavy atom. The third-order valence-corrected chi connectivity index (χ3v) is 18.3. The average Bonchev–Trinajstić information content (AvgIpc) is 0.908. The fraction of sp³-hybridized carbons (Fsp3) is 0.711. The molecule has 0 aliphatic heterocycles. The smallest absolute Gasteiger partial charge is 0.462 e. The highest BCUT2D eigenvalue weighted by Crippen LogP contribution is 2.45. The van der Waals surface area contributed by atoms with Crippen molar-refractivity contribution in [1.29, 1.82) is 0 Å². The predicted molar refractivity (Wildman–Crippen MR) is 418 cm³/mol. The Hall–Kier alpha value is -4.54. The Balaban J connectivity index is 5.37. The molecule has 5 atom stereocenters. The van der Waals surface area contributed by atoms with E-state index in [0.717, 1.165) is 205 Å². The topological polar surface area (TPSA) is 237 Å². The van der Waals surface area contributed by atoms with Gasteiger partial charge in [0.05, 0.1) is 26.4 Å². The standard InChI is InChI=1S/C83H142O17P2/c1-5-9-13-17-21-25-29-33-36-37-38-39-42-45-48-52-56-60-64-68-81(86)94-73-78(99-82(87)69-65-61-57-53-49-43-32-28-24-20-16-12-8-4)75-97-101(89,90)95-71-77(84)72-96-102(91,92)98-76-79(100-83(88)70-66-62-58-54-50-46-41-35-31-27-23-19-15-11-7-3)74-93-80(85)67-63-59-55-51-47-44-40-34-30-26-22-18-14-10-6-2/h9-10,13-14,16,20-22,25-26,28,32-36,38-41,77-79,84H,5-8,11-12,15,17-19,23-24,27,29-31,37,42-76H2,1-4H3,(H,89,90)(H,91,92)/b13-9-,14-10-,20-16-,25-21-,26-22-,32-28-,36-33-,39-38-,40-34-,41-35-. The summed E-state index contributed by atoms with van der Waals surface area (Å²) in [5.74, 6) is -2.23. The third kappa shape index (κ3) is 73.8. The number of allylic oxidation sites excluding steroid dienone is 20. The Labute approximate surface area is 619 Å². The molecule has 3 N–H and O–H groups in total. The highest BCUT2D eigenvalue weighted by atomic mass is 31.2. The fourth-order valence-corrected chi connectivity index (χ4v) is 12.0. The zero-order valence-electron chi connectivity index (χ0n) is 64.0. The van der Waals surface area contributed by atoms with Crippen LogP contribution in [0.2, 0.25) is 0 Å². The van der Waals surface area contributed by atoms with Gasteiger partial charge < -0.3 is 33.8 Å². The molecule has 19 heteroatoms. The number of hydrogen-bond acceptors (Lipinski definition) is 15. The van der Waals surface area contributed by atoms with Gasteiger partial charge in [0.1, 0.15) is 19.3 Å². The average molecular weight is 1470 g/mol. The van der Waals surface area contributed by atoms with Crippen molar-refractivity contribution < 1.29 is 80.2 Å². The molecule has 0 heterocycles. The SMILES string of the molecule is CC/C=C\C/C=C\C/C=C\C/C=C\CCCCCCCCC(=O)OCC(COP(=O)(O)OCC(O)COP(=O)(O)OCC(COC(=O)CCCCCCC/C=C\C/C=C\C/C=C\CC)OC(=O)CCCCCCC/C=C\CCCCCCCC)OC(=O)CCCCCCC/C=C\C/C=C\CCC. The third-order valence-electron chi connectivity index (χ3n) is 16.4. The minimum Gasteiger partial charge on any atom is -0.462 e. The lowest BCUT2D eigenvalue weighted by Crippen LogP contribution is -2.30. The number of aliphatic hydroxyl groups excluding tert-OH is 1. The summed E-state index contributed by atoms with van der Waals surface area (Å²) in [5, 5.41) is 10.6. The molecule has 0 saturated heterocycles. The van der Waals surface area contributed by atoms with Crippen LogP contribution in [0.3, 0.4) is 0 Å². The molecule has 0 saturated carbocycles. The number of aliphatic hydroxyl groups is 1. The van der Waals surface area contributed by atoms with Crippen LogP contribution in [-0.2, 0) is 65.4 Å². The van der Waals surface area contributed by atoms with E-state index in [1.54, 1.807) is 0 Å². The Kier molecular flexibility index (Phi) is 71.4. The van der Waals surface area contributed by atoms with Gasteiger partial charge in [-0.15, -0.1) is 0 Å². The second-order valence-corrected chi connectivity index (χ2v) is 29.1. The largest absolute Gasteiger partial charge is 0.472 e. The quantitative estimate of drug-likeness (QED) is 0.0169. The van der Waals surface area contributed by atoms with Gasteiger partial charge >= 0.3 is 39.5 Å². The molecule has 0 bridgehead atoms. The first-order chi connectivity index (χ1) is 49.7. The van der Waals surface area contributed by atoms with E-state index in [0.29, 0.717) is 25.7 Å². The molecular weight excluding hydrogens is 1330 g/mol. The summed E-state index contributed by atoms with van der Waals surface area (Å²) in [6, 6.07) is 0. The maximum absolute atomic E-state index is 13.1. The van der Waals surface area contributed by atoms with Gasteiger partial charge in [-0.05, 0) is 148 Å². The van der Waals surface area contributed by atoms with Crippen LogP contribution < -0.4 is 0 Å². The summed E-state index contributed by atoms with van der Waals surface area (Å²) in [4.78, 5) is 73.0. The van der Waals surface area contributed by atoms with Crippen LogP contribution in [0.25, 0.3) is 0 Å². The maximum Gasteiger partial charge on any atom is 0.472 e. The van der Waals surface area contributed by atoms with E-state index in [-0.39, 0.29) is 25.7 Å². The Morgan fingerprint density at radius 2 is 0.529 bits per heavy atom. The van der Waals surface area contributed by atoms with Gasteiger partial charge in [-0.2, -0.15) is 0 Å². The monoisotopic (exact) mass is 1470 g/mol. The second-order valence-electron chi connectivity index (χ2n) is 26.2. The number of ether oxygens (including phenoxy) is 4. The summed E-state index contributed by atoms with van der Waals surface area (Å²) >= 11 is 0. The first-order valence-corrected chi connectivity index (χ1v) is 42.8. The normalized spacial score (nSPS) is 14.5. The van der Waals surface area contributed by atoms with Crippen molar-refractivity contribution in [1.82, 2.24) is 0 Å². The van der Waals surface area contributed by atoms with Crippen LogP contribution in [0.5, 0.6) is 0 Å². The van der Waals surface area contributed by atoms with E-state index in [2.05, 4.69) is 149 Å². The number of carbonyl (C=O) groups excluding carboxylic acids is 4. The van der Waals surface area contributed by atoms with E-state index in [1.807, 2.05) is 0 Å². The second kappa shape index (κ2) is 74.7. The molecular formula is C83H142O17P2. The van der Waals surface area contributed by atoms with Gasteiger partial charge in [-0.3, -0.25) is 37.3 Å². The number of hydrogen-bond donors (Lipinski definition) is 3. The predicted octanol–water partition coefficient (Wildman–Crippen LogP) is 23.1. The summed E-state index contributed by atoms with van der Waals surface area (Å²) in [6.07, 6.45) is 81.7. The molecule has 0 aliphatic rings. The van der Waals surface area contributed by atoms with Crippen LogP contribution in [-0.4, -0.2) is 96.7 Å². The molecule has 0 aliphatic carbocycles. The molecule has 586 valence electrons. The molecule has 0 aromatic rings. The molecule has 0 aromatic heterocycles. The van der Waals surface area contributed by atoms with Gasteiger partial charge in [0, 0.05) is 25.7 Å². The van der Waals surface area contributed by atoms with E-state index >= 15 is 0 Å². The maximum atomic E-state index is 13.1. The van der Waals surface area contributed by atoms with E-state index in [9.17, 15) is 43.2 Å². The number of phosphoric ester groups is 2. The lowest BCUT2D eigenvalue weighted by Gasteiger charge is -2.21. The Morgan fingerprint density at radius 1 is 0.284 bits per heavy atom. The van der Waals surface area contributed by atoms with Crippen LogP contribution >= 0.6 is 15.6 Å². The van der Waals surface area contributed by atoms with Gasteiger partial charge in [0.2, 0.25) is 0 Å². The minimum absolute atomic E-state index is 0.0729. The van der Waals surface area contributed by atoms with Crippen LogP contribution in [0.1, 0.15) is 323 Å². The molecule has 0 fully saturated rings. The zero-order chi connectivity index (χ0) is 74.6. The molecule has 0 aromatic carbocycles. The number of rotatable bonds is 74. The van der Waals surface area contributed by atoms with Crippen molar-refractivity contribution in [2.75, 3.05) is 39.6 Å². The van der Waals surface area contributed by atoms with Crippen molar-refractivity contribution >= 4 is 39.5 Å². The summed E-state index contributed by atoms with van der Waals surface area (Å²) in [6.45, 7) is 4.54. The molecule has 17 nitrogen and oxygen atoms in total. The first-order valence-electron chi connectivity index (χ1n) is 39.8. The van der Waals surface area contributed by atoms with Gasteiger partial charge in [-0.1, -0.05) is 271 Å². The lowest BCUT2D eigenvalue weighted by molar-refractivity contribution is -0.161. The van der Waals surface area contributed by atoms with Crippen molar-refractivity contribution in [3.05, 3.63) is 122 Å². The van der Waals surface area contributed by atoms with Crippen molar-refractivity contribution in [2.24, 2.45) is 0 Å². The van der Waals surface area contributed by atoms with E-state index < -0.39 is 97.5 Å². The van der Waals surface area contributed by atoms with Crippen LogP contribution in [0.4, 0.5) is 0 Å². The number of esters is 4. The molecule has 102 heavy (non-hydrogen) atoms. The highest BCUT2D eigenvalue weighted by molar-refractivity contribution is 7.47. The molecule has 5 unspecified atom stereocenters. The fourth-order valence-electron chi connectivity index (χ4n) is 10.4. The van der Waals surface area contributed by atoms with Crippen LogP contribution in [0.15, 0.2) is 122 Å². The van der Waals surface area contributed by atoms with Crippen molar-refractivity contribution in [3.8, 4) is 0 Å². The number of phosphoric acid groups is 2. The minimum atomic E-state index is -4.99. The number of carbonyl (C=O) groups is 4. The Bertz CT molecular complexity index is 2410. The van der Waals surface area contributed by atoms with Crippen molar-refractivity contribution in [2.45, 2.75) is 341 Å². The van der Waals surface area contributed by atoms with Gasteiger partial charge in [-0.25, -0.2) is 9.13 Å². The molecule has 0 radical (unpaired) electrons. The lowest BCUT2D eigenvalue weighted by atomic mass is 10.1. The first kappa shape index (κ1) is 97.5. The highest BCUT2D eigenvalue weighted by Gasteiger charge is 2.30. The summed E-state index contributed by atoms with van der Waals surface area (Å²) in [5.41, 5.74) is 0. The molecule has 0 rings (SSSR count). The van der Waals surface area contributed by atoms with Crippen molar-refractivity contribution in [3.63, 3.8) is 0 Å². The number of unbranched alkanes of at least 4 members (excludes halogenated alkanes) is 28. The van der Waals surface area contributed by atoms with E-state index in [1.165, 1.54) is 38.5 Å². The van der Waals surface area contributed by atoms with Crippen LogP contribution in [0, 0.1) is 0 Å². The van der Waals surface area contributed by atoms with Gasteiger partial charge in [0.15, 0.2) is 12.2 Å². The molecule has 0 spiro atoms. The summed E-state index contributed by atoms with van der Waals surface area (Å²) < 4.78 is 68.6. The zero-order valence-corrected chi connectivity index (χ0v) is 65.8.